The summed E-state index contributed by atoms with van der Waals surface area (Å²) in [5.41, 5.74) is 1.44. The monoisotopic (exact) mass is 483 g/mol. The van der Waals surface area contributed by atoms with Gasteiger partial charge in [0.15, 0.2) is 0 Å². The minimum atomic E-state index is -3.69. The van der Waals surface area contributed by atoms with Gasteiger partial charge in [-0.2, -0.15) is 8.42 Å². The Morgan fingerprint density at radius 3 is 2.59 bits per heavy atom. The van der Waals surface area contributed by atoms with E-state index < -0.39 is 10.1 Å². The zero-order valence-electron chi connectivity index (χ0n) is 14.1. The molecule has 0 aliphatic carbocycles. The molecule has 1 fully saturated rings. The predicted molar refractivity (Wildman–Crippen MR) is 115 cm³/mol. The number of thiocarbonyl (C=S) groups is 1. The third-order valence-electron chi connectivity index (χ3n) is 3.56. The van der Waals surface area contributed by atoms with E-state index in [-0.39, 0.29) is 11.7 Å². The number of halogens is 1. The third kappa shape index (κ3) is 5.19. The molecule has 0 atom stereocenters. The molecular weight excluding hydrogens is 470 g/mol. The number of hydrogen-bond acceptors (Lipinski definition) is 6. The molecule has 1 amide bonds. The summed E-state index contributed by atoms with van der Waals surface area (Å²) in [4.78, 5) is 14.7. The predicted octanol–water partition coefficient (Wildman–Crippen LogP) is 4.19. The van der Waals surface area contributed by atoms with E-state index in [0.717, 1.165) is 16.3 Å². The van der Waals surface area contributed by atoms with Crippen LogP contribution in [-0.2, 0) is 21.5 Å². The molecule has 1 heterocycles. The highest BCUT2D eigenvalue weighted by Crippen LogP contribution is 2.36. The van der Waals surface area contributed by atoms with Crippen molar-refractivity contribution in [3.63, 3.8) is 0 Å². The fraction of sp³-hybridized carbons (Fsp3) is 0.111. The number of thioether (sulfide) groups is 1. The molecule has 2 aromatic rings. The molecule has 27 heavy (non-hydrogen) atoms. The minimum absolute atomic E-state index is 0.147. The number of carbonyl (C=O) groups excluding carboxylic acids is 1. The van der Waals surface area contributed by atoms with E-state index in [9.17, 15) is 13.2 Å². The van der Waals surface area contributed by atoms with E-state index in [4.69, 9.17) is 16.4 Å². The Balaban J connectivity index is 1.91. The number of rotatable bonds is 5. The molecule has 1 saturated heterocycles. The molecule has 1 aliphatic heterocycles. The Kier molecular flexibility index (Phi) is 6.05. The summed E-state index contributed by atoms with van der Waals surface area (Å²) in [6.45, 7) is 0.383. The van der Waals surface area contributed by atoms with Crippen LogP contribution in [0.25, 0.3) is 6.08 Å². The maximum absolute atomic E-state index is 12.8. The van der Waals surface area contributed by atoms with Crippen molar-refractivity contribution in [2.45, 2.75) is 6.54 Å². The number of carbonyl (C=O) groups is 1. The molecule has 2 aromatic carbocycles. The van der Waals surface area contributed by atoms with Crippen molar-refractivity contribution in [3.05, 3.63) is 69.0 Å². The van der Waals surface area contributed by atoms with Crippen molar-refractivity contribution in [2.75, 3.05) is 6.26 Å². The van der Waals surface area contributed by atoms with Gasteiger partial charge in [0.1, 0.15) is 10.1 Å². The van der Waals surface area contributed by atoms with Crippen LogP contribution in [0.3, 0.4) is 0 Å². The first kappa shape index (κ1) is 20.1. The molecule has 9 heteroatoms. The van der Waals surface area contributed by atoms with Crippen molar-refractivity contribution in [1.82, 2.24) is 4.90 Å². The van der Waals surface area contributed by atoms with E-state index in [1.807, 2.05) is 30.3 Å². The highest BCUT2D eigenvalue weighted by atomic mass is 79.9. The van der Waals surface area contributed by atoms with Crippen LogP contribution in [0.5, 0.6) is 5.75 Å². The normalized spacial score (nSPS) is 16.2. The van der Waals surface area contributed by atoms with E-state index in [1.54, 1.807) is 18.2 Å². The molecule has 1 aliphatic rings. The first-order valence-corrected chi connectivity index (χ1v) is 11.5. The minimum Gasteiger partial charge on any atom is -0.382 e. The Hall–Kier alpha value is -1.68. The lowest BCUT2D eigenvalue weighted by Gasteiger charge is -2.14. The van der Waals surface area contributed by atoms with Crippen molar-refractivity contribution in [2.24, 2.45) is 0 Å². The zero-order chi connectivity index (χ0) is 19.6. The molecule has 0 spiro atoms. The summed E-state index contributed by atoms with van der Waals surface area (Å²) in [5, 5.41) is 0. The lowest BCUT2D eigenvalue weighted by atomic mass is 10.2. The van der Waals surface area contributed by atoms with Crippen LogP contribution in [0.2, 0.25) is 0 Å². The van der Waals surface area contributed by atoms with Crippen molar-refractivity contribution >= 4 is 66.3 Å². The van der Waals surface area contributed by atoms with Gasteiger partial charge in [0.25, 0.3) is 5.91 Å². The van der Waals surface area contributed by atoms with Crippen molar-refractivity contribution in [3.8, 4) is 5.75 Å². The molecule has 3 rings (SSSR count). The van der Waals surface area contributed by atoms with Gasteiger partial charge in [0, 0.05) is 10.0 Å². The summed E-state index contributed by atoms with van der Waals surface area (Å²) in [6, 6.07) is 14.4. The highest BCUT2D eigenvalue weighted by Gasteiger charge is 2.32. The summed E-state index contributed by atoms with van der Waals surface area (Å²) in [5.74, 6) is -0.0758. The molecule has 5 nitrogen and oxygen atoms in total. The van der Waals surface area contributed by atoms with Crippen LogP contribution in [0.15, 0.2) is 57.9 Å². The molecule has 0 saturated carbocycles. The second-order valence-corrected chi connectivity index (χ2v) is 9.89. The molecule has 0 aromatic heterocycles. The van der Waals surface area contributed by atoms with E-state index in [0.29, 0.717) is 21.3 Å². The maximum atomic E-state index is 12.8. The smallest absolute Gasteiger partial charge is 0.306 e. The largest absolute Gasteiger partial charge is 0.382 e. The lowest BCUT2D eigenvalue weighted by Crippen LogP contribution is -2.27. The van der Waals surface area contributed by atoms with E-state index in [1.165, 1.54) is 22.7 Å². The number of hydrogen-bond donors (Lipinski definition) is 0. The summed E-state index contributed by atoms with van der Waals surface area (Å²) >= 11 is 9.87. The summed E-state index contributed by atoms with van der Waals surface area (Å²) < 4.78 is 29.2. The van der Waals surface area contributed by atoms with Crippen molar-refractivity contribution < 1.29 is 17.4 Å². The van der Waals surface area contributed by atoms with Gasteiger partial charge in [-0.3, -0.25) is 9.69 Å². The maximum Gasteiger partial charge on any atom is 0.306 e. The SMILES string of the molecule is CS(=O)(=O)Oc1ccc(Br)cc1C=C1SC(=S)N(Cc2ccccc2)C1=O. The van der Waals surface area contributed by atoms with Crippen LogP contribution < -0.4 is 4.18 Å². The van der Waals surface area contributed by atoms with Gasteiger partial charge >= 0.3 is 10.1 Å². The van der Waals surface area contributed by atoms with Gasteiger partial charge in [0.2, 0.25) is 0 Å². The highest BCUT2D eigenvalue weighted by molar-refractivity contribution is 9.10. The van der Waals surface area contributed by atoms with Crippen molar-refractivity contribution in [1.29, 1.82) is 0 Å². The van der Waals surface area contributed by atoms with Crippen LogP contribution >= 0.6 is 39.9 Å². The topological polar surface area (TPSA) is 63.7 Å². The molecule has 140 valence electrons. The standard InChI is InChI=1S/C18H14BrNO4S3/c1-27(22,23)24-15-8-7-14(19)9-13(15)10-16-17(21)20(18(25)26-16)11-12-5-3-2-4-6-12/h2-10H,11H2,1H3. The number of nitrogens with zero attached hydrogens (tertiary/aromatic N) is 1. The molecule has 0 radical (unpaired) electrons. The van der Waals surface area contributed by atoms with Gasteiger partial charge in [-0.05, 0) is 29.8 Å². The quantitative estimate of drug-likeness (QED) is 0.360. The first-order chi connectivity index (χ1) is 12.7. The van der Waals surface area contributed by atoms with Crippen LogP contribution in [0.1, 0.15) is 11.1 Å². The zero-order valence-corrected chi connectivity index (χ0v) is 18.1. The van der Waals surface area contributed by atoms with E-state index in [2.05, 4.69) is 15.9 Å². The van der Waals surface area contributed by atoms with Crippen LogP contribution in [-0.4, -0.2) is 29.8 Å². The molecule has 0 N–H and O–H groups in total. The van der Waals surface area contributed by atoms with Gasteiger partial charge < -0.3 is 4.18 Å². The van der Waals surface area contributed by atoms with Gasteiger partial charge in [-0.1, -0.05) is 70.2 Å². The van der Waals surface area contributed by atoms with Gasteiger partial charge in [-0.15, -0.1) is 0 Å². The Labute approximate surface area is 175 Å². The number of amides is 1. The molecule has 0 bridgehead atoms. The average Bonchev–Trinajstić information content (AvgIpc) is 2.85. The second kappa shape index (κ2) is 8.14. The van der Waals surface area contributed by atoms with Crippen LogP contribution in [0, 0.1) is 0 Å². The summed E-state index contributed by atoms with van der Waals surface area (Å²) in [7, 11) is -3.69. The molecular formula is C18H14BrNO4S3. The second-order valence-electron chi connectivity index (χ2n) is 5.72. The lowest BCUT2D eigenvalue weighted by molar-refractivity contribution is -0.122. The third-order valence-corrected chi connectivity index (χ3v) is 5.91. The first-order valence-electron chi connectivity index (χ1n) is 7.71. The van der Waals surface area contributed by atoms with E-state index >= 15 is 0 Å². The Morgan fingerprint density at radius 2 is 1.93 bits per heavy atom. The van der Waals surface area contributed by atoms with Gasteiger partial charge in [-0.25, -0.2) is 0 Å². The molecule has 0 unspecified atom stereocenters. The van der Waals surface area contributed by atoms with Gasteiger partial charge in [0.05, 0.1) is 17.7 Å². The Bertz CT molecular complexity index is 1040. The Morgan fingerprint density at radius 1 is 1.22 bits per heavy atom. The summed E-state index contributed by atoms with van der Waals surface area (Å²) in [6.07, 6.45) is 2.56. The fourth-order valence-corrected chi connectivity index (χ4v) is 4.52. The number of benzene rings is 2. The van der Waals surface area contributed by atoms with Crippen LogP contribution in [0.4, 0.5) is 0 Å². The average molecular weight is 484 g/mol. The fourth-order valence-electron chi connectivity index (χ4n) is 2.41.